The zero-order valence-electron chi connectivity index (χ0n) is 18.9. The van der Waals surface area contributed by atoms with Gasteiger partial charge in [0.25, 0.3) is 0 Å². The number of nitrogens with one attached hydrogen (secondary N) is 1. The largest absolute Gasteiger partial charge is 0.390 e. The summed E-state index contributed by atoms with van der Waals surface area (Å²) in [4.78, 5) is 19.5. The molecule has 0 saturated heterocycles. The van der Waals surface area contributed by atoms with Crippen LogP contribution in [0.4, 0.5) is 4.79 Å². The maximum atomic E-state index is 12.9. The molecule has 1 fully saturated rings. The van der Waals surface area contributed by atoms with Gasteiger partial charge in [-0.2, -0.15) is 0 Å². The normalized spacial score (nSPS) is 14.3. The van der Waals surface area contributed by atoms with E-state index in [1.54, 1.807) is 17.0 Å². The highest BCUT2D eigenvalue weighted by molar-refractivity contribution is 9.10. The maximum absolute atomic E-state index is 12.9. The molecular weight excluding hydrogens is 539 g/mol. The summed E-state index contributed by atoms with van der Waals surface area (Å²) in [5, 5.41) is 14.3. The zero-order chi connectivity index (χ0) is 24.2. The Labute approximate surface area is 218 Å². The first-order chi connectivity index (χ1) is 16.4. The van der Waals surface area contributed by atoms with E-state index in [0.717, 1.165) is 35.8 Å². The number of amides is 2. The monoisotopic (exact) mass is 564 g/mol. The molecule has 1 aliphatic rings. The fraction of sp³-hybridized carbons (Fsp3) is 0.360. The molecule has 1 saturated carbocycles. The second-order valence-corrected chi connectivity index (χ2v) is 10.2. The molecule has 2 amide bonds. The van der Waals surface area contributed by atoms with Gasteiger partial charge in [0, 0.05) is 33.8 Å². The van der Waals surface area contributed by atoms with Crippen LogP contribution < -0.4 is 5.32 Å². The highest BCUT2D eigenvalue weighted by Gasteiger charge is 2.24. The smallest absolute Gasteiger partial charge is 0.317 e. The minimum Gasteiger partial charge on any atom is -0.390 e. The van der Waals surface area contributed by atoms with Gasteiger partial charge < -0.3 is 15.3 Å². The van der Waals surface area contributed by atoms with E-state index in [2.05, 4.69) is 21.2 Å². The van der Waals surface area contributed by atoms with Crippen LogP contribution in [0, 0.1) is 0 Å². The van der Waals surface area contributed by atoms with Gasteiger partial charge in [-0.3, -0.25) is 4.57 Å². The van der Waals surface area contributed by atoms with Crippen LogP contribution >= 0.6 is 39.1 Å². The lowest BCUT2D eigenvalue weighted by atomic mass is 9.95. The Hall–Kier alpha value is -2.06. The number of carbonyl (C=O) groups excluding carboxylic acids is 1. The number of rotatable bonds is 6. The van der Waals surface area contributed by atoms with Gasteiger partial charge in [0.1, 0.15) is 5.82 Å². The average Bonchev–Trinajstić information content (AvgIpc) is 3.21. The van der Waals surface area contributed by atoms with Crippen LogP contribution in [0.25, 0.3) is 17.1 Å². The van der Waals surface area contributed by atoms with Gasteiger partial charge in [-0.25, -0.2) is 9.78 Å². The third-order valence-corrected chi connectivity index (χ3v) is 7.39. The number of benzene rings is 2. The number of urea groups is 1. The molecule has 0 unspecified atom stereocenters. The van der Waals surface area contributed by atoms with E-state index in [1.807, 2.05) is 41.9 Å². The van der Waals surface area contributed by atoms with Gasteiger partial charge in [-0.05, 0) is 55.3 Å². The molecule has 0 radical (unpaired) electrons. The zero-order valence-corrected chi connectivity index (χ0v) is 22.0. The summed E-state index contributed by atoms with van der Waals surface area (Å²) in [6.45, 7) is -0.0640. The molecule has 0 aliphatic heterocycles. The molecule has 1 aliphatic carbocycles. The number of aromatic nitrogens is 2. The number of halogens is 3. The highest BCUT2D eigenvalue weighted by atomic mass is 79.9. The van der Waals surface area contributed by atoms with Crippen molar-refractivity contribution in [1.82, 2.24) is 19.8 Å². The predicted octanol–water partition coefficient (Wildman–Crippen LogP) is 6.58. The quantitative estimate of drug-likeness (QED) is 0.355. The van der Waals surface area contributed by atoms with Crippen LogP contribution in [0.2, 0.25) is 10.0 Å². The van der Waals surface area contributed by atoms with Gasteiger partial charge in [-0.15, -0.1) is 0 Å². The van der Waals surface area contributed by atoms with Gasteiger partial charge in [-0.1, -0.05) is 58.4 Å². The van der Waals surface area contributed by atoms with Crippen molar-refractivity contribution in [3.05, 3.63) is 68.4 Å². The van der Waals surface area contributed by atoms with Crippen molar-refractivity contribution in [2.45, 2.75) is 51.3 Å². The Morgan fingerprint density at radius 2 is 1.88 bits per heavy atom. The van der Waals surface area contributed by atoms with Crippen LogP contribution in [0.1, 0.15) is 43.5 Å². The summed E-state index contributed by atoms with van der Waals surface area (Å²) in [6.07, 6.45) is 5.60. The van der Waals surface area contributed by atoms with E-state index < -0.39 is 0 Å². The standard InChI is InChI=1S/C25H27BrCl2N4O2/c1-31(18-5-3-2-4-6-18)25(34)29-14-22-23(15-33)32(19-10-7-16(26)8-11-19)24(30-22)20-12-9-17(27)13-21(20)28/h7-13,18,33H,2-6,14-15H2,1H3,(H,29,34). The summed E-state index contributed by atoms with van der Waals surface area (Å²) >= 11 is 16.1. The molecule has 34 heavy (non-hydrogen) atoms. The second-order valence-electron chi connectivity index (χ2n) is 8.48. The summed E-state index contributed by atoms with van der Waals surface area (Å²) in [5.41, 5.74) is 2.67. The molecule has 0 bridgehead atoms. The second kappa shape index (κ2) is 11.1. The van der Waals surface area contributed by atoms with E-state index in [4.69, 9.17) is 28.2 Å². The van der Waals surface area contributed by atoms with Gasteiger partial charge >= 0.3 is 6.03 Å². The number of hydrogen-bond acceptors (Lipinski definition) is 3. The van der Waals surface area contributed by atoms with Crippen molar-refractivity contribution in [2.24, 2.45) is 0 Å². The number of imidazole rings is 1. The predicted molar refractivity (Wildman–Crippen MR) is 140 cm³/mol. The molecule has 2 aromatic carbocycles. The number of aliphatic hydroxyl groups excluding tert-OH is 1. The maximum Gasteiger partial charge on any atom is 0.317 e. The first kappa shape index (κ1) is 25.0. The number of carbonyl (C=O) groups is 1. The molecule has 1 heterocycles. The first-order valence-electron chi connectivity index (χ1n) is 11.3. The number of hydrogen-bond donors (Lipinski definition) is 2. The summed E-state index contributed by atoms with van der Waals surface area (Å²) in [7, 11) is 1.84. The van der Waals surface area contributed by atoms with Crippen molar-refractivity contribution in [3.63, 3.8) is 0 Å². The Bertz CT molecular complexity index is 1160. The van der Waals surface area contributed by atoms with Crippen molar-refractivity contribution in [1.29, 1.82) is 0 Å². The lowest BCUT2D eigenvalue weighted by Crippen LogP contribution is -2.44. The Kier molecular flexibility index (Phi) is 8.19. The third kappa shape index (κ3) is 5.43. The van der Waals surface area contributed by atoms with Crippen LogP contribution in [0.15, 0.2) is 46.9 Å². The molecule has 1 aromatic heterocycles. The number of aliphatic hydroxyl groups is 1. The molecule has 4 rings (SSSR count). The Morgan fingerprint density at radius 1 is 1.18 bits per heavy atom. The van der Waals surface area contributed by atoms with Gasteiger partial charge in [0.15, 0.2) is 0 Å². The molecule has 6 nitrogen and oxygen atoms in total. The summed E-state index contributed by atoms with van der Waals surface area (Å²) < 4.78 is 2.81. The first-order valence-corrected chi connectivity index (χ1v) is 12.9. The third-order valence-electron chi connectivity index (χ3n) is 6.31. The summed E-state index contributed by atoms with van der Waals surface area (Å²) in [5.74, 6) is 0.568. The van der Waals surface area contributed by atoms with Gasteiger partial charge in [0.2, 0.25) is 0 Å². The SMILES string of the molecule is CN(C(=O)NCc1nc(-c2ccc(Cl)cc2Cl)n(-c2ccc(Br)cc2)c1CO)C1CCCCC1. The number of nitrogens with zero attached hydrogens (tertiary/aromatic N) is 3. The minimum atomic E-state index is -0.252. The van der Waals surface area contributed by atoms with Crippen molar-refractivity contribution in [3.8, 4) is 17.1 Å². The van der Waals surface area contributed by atoms with E-state index in [-0.39, 0.29) is 25.2 Å². The van der Waals surface area contributed by atoms with Crippen molar-refractivity contribution < 1.29 is 9.90 Å². The van der Waals surface area contributed by atoms with E-state index >= 15 is 0 Å². The fourth-order valence-electron chi connectivity index (χ4n) is 4.44. The molecule has 2 N–H and O–H groups in total. The molecule has 9 heteroatoms. The van der Waals surface area contributed by atoms with Crippen molar-refractivity contribution in [2.75, 3.05) is 7.05 Å². The highest BCUT2D eigenvalue weighted by Crippen LogP contribution is 2.34. The fourth-order valence-corrected chi connectivity index (χ4v) is 5.20. The van der Waals surface area contributed by atoms with Crippen molar-refractivity contribution >= 4 is 45.2 Å². The van der Waals surface area contributed by atoms with E-state index in [0.29, 0.717) is 32.8 Å². The molecule has 180 valence electrons. The van der Waals surface area contributed by atoms with Crippen LogP contribution in [-0.4, -0.2) is 38.7 Å². The Balaban J connectivity index is 1.68. The van der Waals surface area contributed by atoms with E-state index in [1.165, 1.54) is 6.42 Å². The van der Waals surface area contributed by atoms with Gasteiger partial charge in [0.05, 0.1) is 29.6 Å². The topological polar surface area (TPSA) is 70.4 Å². The van der Waals surface area contributed by atoms with Crippen LogP contribution in [0.5, 0.6) is 0 Å². The van der Waals surface area contributed by atoms with Crippen LogP contribution in [0.3, 0.4) is 0 Å². The minimum absolute atomic E-state index is 0.139. The lowest BCUT2D eigenvalue weighted by molar-refractivity contribution is 0.173. The Morgan fingerprint density at radius 3 is 2.53 bits per heavy atom. The molecule has 3 aromatic rings. The molecule has 0 spiro atoms. The summed E-state index contributed by atoms with van der Waals surface area (Å²) in [6, 6.07) is 13.0. The lowest BCUT2D eigenvalue weighted by Gasteiger charge is -2.31. The van der Waals surface area contributed by atoms with E-state index in [9.17, 15) is 9.90 Å². The molecular formula is C25H27BrCl2N4O2. The van der Waals surface area contributed by atoms with Crippen LogP contribution in [-0.2, 0) is 13.2 Å². The molecule has 0 atom stereocenters. The average molecular weight is 566 g/mol.